The third kappa shape index (κ3) is 3.20. The summed E-state index contributed by atoms with van der Waals surface area (Å²) >= 11 is 0. The van der Waals surface area contributed by atoms with Gasteiger partial charge in [-0.1, -0.05) is 12.1 Å². The van der Waals surface area contributed by atoms with Gasteiger partial charge in [-0.25, -0.2) is 9.80 Å². The first kappa shape index (κ1) is 13.3. The van der Waals surface area contributed by atoms with Crippen LogP contribution >= 0.6 is 0 Å². The van der Waals surface area contributed by atoms with E-state index in [4.69, 9.17) is 5.26 Å². The highest BCUT2D eigenvalue weighted by Crippen LogP contribution is 2.05. The number of amides is 4. The van der Waals surface area contributed by atoms with Crippen LogP contribution in [0.25, 0.3) is 6.08 Å². The minimum Gasteiger partial charge on any atom is -0.275 e. The minimum atomic E-state index is -0.657. The fraction of sp³-hybridized carbons (Fsp3) is 0.0769. The van der Waals surface area contributed by atoms with E-state index in [1.165, 1.54) is 12.2 Å². The number of imide groups is 1. The molecule has 0 unspecified atom stereocenters. The number of urea groups is 1. The van der Waals surface area contributed by atoms with Crippen LogP contribution in [0.4, 0.5) is 4.79 Å². The van der Waals surface area contributed by atoms with E-state index < -0.39 is 17.8 Å². The van der Waals surface area contributed by atoms with Gasteiger partial charge in [-0.3, -0.25) is 20.3 Å². The van der Waals surface area contributed by atoms with Gasteiger partial charge in [0.25, 0.3) is 5.91 Å². The number of rotatable bonds is 3. The average Bonchev–Trinajstić information content (AvgIpc) is 2.75. The first-order valence-electron chi connectivity index (χ1n) is 5.69. The van der Waals surface area contributed by atoms with Crippen LogP contribution in [0.3, 0.4) is 0 Å². The molecule has 0 bridgehead atoms. The zero-order valence-corrected chi connectivity index (χ0v) is 10.3. The number of nitrogens with one attached hydrogen (secondary N) is 2. The van der Waals surface area contributed by atoms with Crippen LogP contribution in [0.15, 0.2) is 30.3 Å². The lowest BCUT2D eigenvalue weighted by atomic mass is 10.1. The number of nitriles is 1. The Morgan fingerprint density at radius 2 is 2.05 bits per heavy atom. The summed E-state index contributed by atoms with van der Waals surface area (Å²) in [5.74, 6) is -0.995. The second-order valence-corrected chi connectivity index (χ2v) is 3.98. The molecule has 1 aliphatic heterocycles. The van der Waals surface area contributed by atoms with Gasteiger partial charge in [-0.2, -0.15) is 5.26 Å². The zero-order valence-electron chi connectivity index (χ0n) is 10.3. The maximum absolute atomic E-state index is 11.6. The van der Waals surface area contributed by atoms with E-state index >= 15 is 0 Å². The molecule has 20 heavy (non-hydrogen) atoms. The Kier molecular flexibility index (Phi) is 3.77. The van der Waals surface area contributed by atoms with E-state index in [0.717, 1.165) is 10.6 Å². The number of hydrogen-bond acceptors (Lipinski definition) is 4. The molecule has 1 saturated heterocycles. The highest BCUT2D eigenvalue weighted by atomic mass is 16.2. The van der Waals surface area contributed by atoms with Gasteiger partial charge in [0.05, 0.1) is 11.6 Å². The van der Waals surface area contributed by atoms with Crippen LogP contribution in [-0.2, 0) is 9.59 Å². The van der Waals surface area contributed by atoms with Crippen molar-refractivity contribution in [2.75, 3.05) is 6.54 Å². The monoisotopic (exact) mass is 270 g/mol. The molecule has 0 saturated carbocycles. The average molecular weight is 270 g/mol. The second kappa shape index (κ2) is 5.67. The number of nitrogens with zero attached hydrogens (tertiary/aromatic N) is 2. The summed E-state index contributed by atoms with van der Waals surface area (Å²) < 4.78 is 0. The van der Waals surface area contributed by atoms with Crippen molar-refractivity contribution >= 4 is 23.9 Å². The SMILES string of the molecule is N#Cc1ccc(/C=C/C(=O)NN2CC(=O)NC2=O)cc1. The molecular weight excluding hydrogens is 260 g/mol. The van der Waals surface area contributed by atoms with Gasteiger partial charge >= 0.3 is 6.03 Å². The summed E-state index contributed by atoms with van der Waals surface area (Å²) in [6, 6.07) is 7.97. The number of carbonyl (C=O) groups excluding carboxylic acids is 3. The highest BCUT2D eigenvalue weighted by Gasteiger charge is 2.27. The molecule has 4 amide bonds. The first-order chi connectivity index (χ1) is 9.58. The number of hydrogen-bond donors (Lipinski definition) is 2. The molecule has 2 rings (SSSR count). The van der Waals surface area contributed by atoms with Crippen LogP contribution in [0, 0.1) is 11.3 Å². The lowest BCUT2D eigenvalue weighted by Gasteiger charge is -2.12. The fourth-order valence-electron chi connectivity index (χ4n) is 1.54. The highest BCUT2D eigenvalue weighted by molar-refractivity contribution is 6.03. The van der Waals surface area contributed by atoms with E-state index in [9.17, 15) is 14.4 Å². The molecule has 0 aliphatic carbocycles. The number of benzene rings is 1. The molecule has 0 spiro atoms. The third-order valence-electron chi connectivity index (χ3n) is 2.51. The summed E-state index contributed by atoms with van der Waals surface area (Å²) in [6.45, 7) is -0.199. The predicted octanol–water partition coefficient (Wildman–Crippen LogP) is 0.154. The Morgan fingerprint density at radius 1 is 1.35 bits per heavy atom. The smallest absolute Gasteiger partial charge is 0.275 e. The topological polar surface area (TPSA) is 102 Å². The molecule has 0 atom stereocenters. The van der Waals surface area contributed by atoms with Crippen molar-refractivity contribution in [1.82, 2.24) is 15.8 Å². The Hall–Kier alpha value is -3.14. The molecule has 1 aliphatic rings. The Morgan fingerprint density at radius 3 is 2.60 bits per heavy atom. The lowest BCUT2D eigenvalue weighted by Crippen LogP contribution is -2.43. The fourth-order valence-corrected chi connectivity index (χ4v) is 1.54. The van der Waals surface area contributed by atoms with Crippen molar-refractivity contribution in [2.45, 2.75) is 0 Å². The Bertz CT molecular complexity index is 628. The Balaban J connectivity index is 1.94. The maximum atomic E-state index is 11.6. The van der Waals surface area contributed by atoms with Crippen molar-refractivity contribution < 1.29 is 14.4 Å². The summed E-state index contributed by atoms with van der Waals surface area (Å²) in [5.41, 5.74) is 3.54. The molecule has 1 fully saturated rings. The van der Waals surface area contributed by atoms with Crippen molar-refractivity contribution in [2.24, 2.45) is 0 Å². The standard InChI is InChI=1S/C13H10N4O3/c14-7-10-3-1-9(2-4-10)5-6-11(18)16-17-8-12(19)15-13(17)20/h1-6H,8H2,(H,16,18)(H,15,19,20)/b6-5+. The largest absolute Gasteiger partial charge is 0.343 e. The van der Waals surface area contributed by atoms with E-state index in [0.29, 0.717) is 5.56 Å². The molecule has 7 heteroatoms. The van der Waals surface area contributed by atoms with Crippen LogP contribution < -0.4 is 10.7 Å². The summed E-state index contributed by atoms with van der Waals surface area (Å²) in [7, 11) is 0. The predicted molar refractivity (Wildman–Crippen MR) is 68.6 cm³/mol. The molecule has 7 nitrogen and oxygen atoms in total. The molecule has 2 N–H and O–H groups in total. The van der Waals surface area contributed by atoms with E-state index in [1.807, 2.05) is 11.4 Å². The normalized spacial score (nSPS) is 14.2. The number of hydrazine groups is 1. The summed E-state index contributed by atoms with van der Waals surface area (Å²) in [4.78, 5) is 33.7. The molecule has 100 valence electrons. The molecule has 0 aromatic heterocycles. The molecule has 1 aromatic rings. The quantitative estimate of drug-likeness (QED) is 0.603. The first-order valence-corrected chi connectivity index (χ1v) is 5.69. The summed E-state index contributed by atoms with van der Waals surface area (Å²) in [5, 5.41) is 11.6. The van der Waals surface area contributed by atoms with Gasteiger partial charge in [0.1, 0.15) is 6.54 Å². The molecule has 1 aromatic carbocycles. The van der Waals surface area contributed by atoms with E-state index in [-0.39, 0.29) is 6.54 Å². The van der Waals surface area contributed by atoms with Gasteiger partial charge < -0.3 is 0 Å². The van der Waals surface area contributed by atoms with Crippen molar-refractivity contribution in [1.29, 1.82) is 5.26 Å². The number of carbonyl (C=O) groups is 3. The molecule has 1 heterocycles. The maximum Gasteiger partial charge on any atom is 0.343 e. The zero-order chi connectivity index (χ0) is 14.5. The molecular formula is C13H10N4O3. The van der Waals surface area contributed by atoms with E-state index in [1.54, 1.807) is 24.3 Å². The van der Waals surface area contributed by atoms with Crippen LogP contribution in [0.1, 0.15) is 11.1 Å². The van der Waals surface area contributed by atoms with Crippen molar-refractivity contribution in [3.63, 3.8) is 0 Å². The van der Waals surface area contributed by atoms with Crippen molar-refractivity contribution in [3.8, 4) is 6.07 Å². The second-order valence-electron chi connectivity index (χ2n) is 3.98. The Labute approximate surface area is 114 Å². The van der Waals surface area contributed by atoms with Gasteiger partial charge in [-0.05, 0) is 23.8 Å². The third-order valence-corrected chi connectivity index (χ3v) is 2.51. The van der Waals surface area contributed by atoms with Gasteiger partial charge in [0.15, 0.2) is 0 Å². The minimum absolute atomic E-state index is 0.199. The van der Waals surface area contributed by atoms with Crippen LogP contribution in [0.5, 0.6) is 0 Å². The van der Waals surface area contributed by atoms with Gasteiger partial charge in [0, 0.05) is 6.08 Å². The van der Waals surface area contributed by atoms with E-state index in [2.05, 4.69) is 5.43 Å². The summed E-state index contributed by atoms with van der Waals surface area (Å²) in [6.07, 6.45) is 2.77. The molecule has 0 radical (unpaired) electrons. The lowest BCUT2D eigenvalue weighted by molar-refractivity contribution is -0.121. The van der Waals surface area contributed by atoms with Gasteiger partial charge in [-0.15, -0.1) is 0 Å². The van der Waals surface area contributed by atoms with Gasteiger partial charge in [0.2, 0.25) is 5.91 Å². The van der Waals surface area contributed by atoms with Crippen LogP contribution in [-0.4, -0.2) is 29.4 Å². The van der Waals surface area contributed by atoms with Crippen LogP contribution in [0.2, 0.25) is 0 Å². The van der Waals surface area contributed by atoms with Crippen molar-refractivity contribution in [3.05, 3.63) is 41.5 Å².